The van der Waals surface area contributed by atoms with E-state index in [-0.39, 0.29) is 36.0 Å². The number of hydrazone groups is 1. The maximum Gasteiger partial charge on any atom is 0.271 e. The summed E-state index contributed by atoms with van der Waals surface area (Å²) in [6.45, 7) is 0. The maximum absolute atomic E-state index is 13.0. The molecule has 5 rings (SSSR count). The molecule has 1 fully saturated rings. The van der Waals surface area contributed by atoms with Crippen molar-refractivity contribution < 1.29 is 18.0 Å². The van der Waals surface area contributed by atoms with Crippen LogP contribution < -0.4 is 5.32 Å². The first-order valence-electron chi connectivity index (χ1n) is 10.3. The number of amides is 2. The number of carbonyl (C=O) groups is 2. The smallest absolute Gasteiger partial charge is 0.271 e. The molecule has 3 aromatic rings. The highest BCUT2D eigenvalue weighted by Gasteiger charge is 2.37. The van der Waals surface area contributed by atoms with Crippen LogP contribution in [0.1, 0.15) is 19.3 Å². The highest BCUT2D eigenvalue weighted by atomic mass is 32.2. The fourth-order valence-corrected chi connectivity index (χ4v) is 6.65. The van der Waals surface area contributed by atoms with Gasteiger partial charge in [-0.2, -0.15) is 5.10 Å². The second kappa shape index (κ2) is 8.10. The van der Waals surface area contributed by atoms with Crippen molar-refractivity contribution in [3.05, 3.63) is 48.5 Å². The minimum atomic E-state index is -3.17. The van der Waals surface area contributed by atoms with Crippen molar-refractivity contribution in [3.8, 4) is 10.6 Å². The lowest BCUT2D eigenvalue weighted by Gasteiger charge is -2.27. The van der Waals surface area contributed by atoms with Crippen LogP contribution in [0.3, 0.4) is 0 Å². The van der Waals surface area contributed by atoms with E-state index in [1.807, 2.05) is 42.5 Å². The number of sulfone groups is 1. The summed E-state index contributed by atoms with van der Waals surface area (Å²) >= 11 is 1.54. The molecule has 1 unspecified atom stereocenters. The fraction of sp³-hybridized carbons (Fsp3) is 0.273. The van der Waals surface area contributed by atoms with Gasteiger partial charge >= 0.3 is 0 Å². The molecule has 0 spiro atoms. The predicted molar refractivity (Wildman–Crippen MR) is 124 cm³/mol. The summed E-state index contributed by atoms with van der Waals surface area (Å²) in [7, 11) is -3.17. The molecule has 1 saturated heterocycles. The maximum atomic E-state index is 13.0. The van der Waals surface area contributed by atoms with Crippen LogP contribution in [0.15, 0.2) is 53.6 Å². The Labute approximate surface area is 188 Å². The first-order chi connectivity index (χ1) is 15.4. The Morgan fingerprint density at radius 3 is 2.66 bits per heavy atom. The third-order valence-corrected chi connectivity index (χ3v) is 8.40. The summed E-state index contributed by atoms with van der Waals surface area (Å²) in [5.41, 5.74) is 2.51. The lowest BCUT2D eigenvalue weighted by Crippen LogP contribution is -2.42. The van der Waals surface area contributed by atoms with Gasteiger partial charge in [0.2, 0.25) is 5.91 Å². The Bertz CT molecular complexity index is 1330. The molecule has 2 aromatic carbocycles. The van der Waals surface area contributed by atoms with Gasteiger partial charge in [-0.1, -0.05) is 24.3 Å². The highest BCUT2D eigenvalue weighted by molar-refractivity contribution is 7.91. The normalized spacial score (nSPS) is 20.4. The fourth-order valence-electron chi connectivity index (χ4n) is 3.95. The molecule has 0 radical (unpaired) electrons. The van der Waals surface area contributed by atoms with Crippen LogP contribution >= 0.6 is 11.3 Å². The molecule has 32 heavy (non-hydrogen) atoms. The van der Waals surface area contributed by atoms with E-state index in [9.17, 15) is 18.0 Å². The van der Waals surface area contributed by atoms with E-state index in [1.165, 1.54) is 5.01 Å². The number of rotatable bonds is 4. The van der Waals surface area contributed by atoms with Crippen LogP contribution in [0.4, 0.5) is 5.69 Å². The number of anilines is 1. The van der Waals surface area contributed by atoms with Gasteiger partial charge in [-0.15, -0.1) is 11.3 Å². The molecular formula is C22H20N4O4S2. The van der Waals surface area contributed by atoms with Crippen molar-refractivity contribution in [2.75, 3.05) is 16.8 Å². The zero-order chi connectivity index (χ0) is 22.3. The minimum Gasteiger partial charge on any atom is -0.320 e. The Kier molecular flexibility index (Phi) is 5.26. The van der Waals surface area contributed by atoms with Crippen LogP contribution in [-0.2, 0) is 19.4 Å². The van der Waals surface area contributed by atoms with Crippen LogP contribution in [0.25, 0.3) is 20.8 Å². The summed E-state index contributed by atoms with van der Waals surface area (Å²) in [5.74, 6) is -0.735. The third-order valence-electron chi connectivity index (χ3n) is 5.58. The molecule has 0 saturated carbocycles. The van der Waals surface area contributed by atoms with E-state index >= 15 is 0 Å². The van der Waals surface area contributed by atoms with Crippen molar-refractivity contribution in [1.29, 1.82) is 0 Å². The molecule has 10 heteroatoms. The van der Waals surface area contributed by atoms with Gasteiger partial charge in [0.15, 0.2) is 9.84 Å². The van der Waals surface area contributed by atoms with E-state index < -0.39 is 21.8 Å². The van der Waals surface area contributed by atoms with Gasteiger partial charge in [-0.05, 0) is 30.7 Å². The summed E-state index contributed by atoms with van der Waals surface area (Å²) < 4.78 is 24.7. The molecule has 3 heterocycles. The van der Waals surface area contributed by atoms with Gasteiger partial charge in [0, 0.05) is 18.4 Å². The molecule has 0 aliphatic carbocycles. The first-order valence-corrected chi connectivity index (χ1v) is 12.9. The van der Waals surface area contributed by atoms with E-state index in [2.05, 4.69) is 15.4 Å². The van der Waals surface area contributed by atoms with E-state index in [4.69, 9.17) is 0 Å². The number of hydrogen-bond acceptors (Lipinski definition) is 7. The Morgan fingerprint density at radius 1 is 1.09 bits per heavy atom. The van der Waals surface area contributed by atoms with Crippen molar-refractivity contribution in [2.24, 2.45) is 5.10 Å². The van der Waals surface area contributed by atoms with Gasteiger partial charge in [0.25, 0.3) is 5.91 Å². The van der Waals surface area contributed by atoms with Gasteiger partial charge in [-0.25, -0.2) is 18.4 Å². The van der Waals surface area contributed by atoms with Crippen LogP contribution in [0.2, 0.25) is 0 Å². The largest absolute Gasteiger partial charge is 0.320 e. The molecule has 2 amide bonds. The van der Waals surface area contributed by atoms with Crippen molar-refractivity contribution in [3.63, 3.8) is 0 Å². The Balaban J connectivity index is 1.40. The average molecular weight is 469 g/mol. The van der Waals surface area contributed by atoms with Crippen LogP contribution in [0.5, 0.6) is 0 Å². The first kappa shape index (κ1) is 20.8. The molecule has 1 aromatic heterocycles. The number of aromatic nitrogens is 1. The summed E-state index contributed by atoms with van der Waals surface area (Å²) in [4.78, 5) is 30.0. The molecule has 1 N–H and O–H groups in total. The second-order valence-electron chi connectivity index (χ2n) is 7.83. The second-order valence-corrected chi connectivity index (χ2v) is 11.1. The molecule has 2 aliphatic heterocycles. The number of carbonyl (C=O) groups excluding carboxylic acids is 2. The molecule has 1 atom stereocenters. The summed E-state index contributed by atoms with van der Waals surface area (Å²) in [5, 5.41) is 9.15. The zero-order valence-electron chi connectivity index (χ0n) is 17.0. The van der Waals surface area contributed by atoms with Crippen molar-refractivity contribution in [1.82, 2.24) is 9.99 Å². The topological polar surface area (TPSA) is 109 Å². The minimum absolute atomic E-state index is 0.0358. The predicted octanol–water partition coefficient (Wildman–Crippen LogP) is 3.07. The molecule has 164 valence electrons. The van der Waals surface area contributed by atoms with Gasteiger partial charge in [0.05, 0.1) is 33.5 Å². The summed E-state index contributed by atoms with van der Waals surface area (Å²) in [6.07, 6.45) is 0.680. The zero-order valence-corrected chi connectivity index (χ0v) is 18.7. The van der Waals surface area contributed by atoms with Gasteiger partial charge in [0.1, 0.15) is 10.7 Å². The van der Waals surface area contributed by atoms with Crippen molar-refractivity contribution in [2.45, 2.75) is 25.3 Å². The highest BCUT2D eigenvalue weighted by Crippen LogP contribution is 2.34. The lowest BCUT2D eigenvalue weighted by molar-refractivity contribution is -0.133. The SMILES string of the molecule is O=C(Nc1ccccc1-c1nc2ccccc2s1)C1=NN(C2CCS(=O)(=O)C2)C(=O)CC1. The Hall–Kier alpha value is -3.11. The number of hydrogen-bond donors (Lipinski definition) is 1. The molecule has 2 aliphatic rings. The summed E-state index contributed by atoms with van der Waals surface area (Å²) in [6, 6.07) is 14.7. The van der Waals surface area contributed by atoms with E-state index in [0.29, 0.717) is 12.1 Å². The number of fused-ring (bicyclic) bond motifs is 1. The number of benzene rings is 2. The van der Waals surface area contributed by atoms with E-state index in [0.717, 1.165) is 20.8 Å². The Morgan fingerprint density at radius 2 is 1.88 bits per heavy atom. The van der Waals surface area contributed by atoms with Gasteiger partial charge < -0.3 is 5.32 Å². The lowest BCUT2D eigenvalue weighted by atomic mass is 10.1. The number of thiazole rings is 1. The van der Waals surface area contributed by atoms with E-state index in [1.54, 1.807) is 17.4 Å². The average Bonchev–Trinajstić information content (AvgIpc) is 3.37. The third kappa shape index (κ3) is 4.03. The quantitative estimate of drug-likeness (QED) is 0.633. The molecular weight excluding hydrogens is 448 g/mol. The van der Waals surface area contributed by atoms with Crippen LogP contribution in [-0.4, -0.2) is 53.5 Å². The molecule has 8 nitrogen and oxygen atoms in total. The number of nitrogens with one attached hydrogen (secondary N) is 1. The molecule has 0 bridgehead atoms. The van der Waals surface area contributed by atoms with Crippen LogP contribution in [0, 0.1) is 0 Å². The van der Waals surface area contributed by atoms with Crippen molar-refractivity contribution >= 4 is 54.6 Å². The number of para-hydroxylation sites is 2. The standard InChI is InChI=1S/C22H20N4O4S2/c27-20-10-9-18(25-26(20)14-11-12-32(29,30)13-14)21(28)23-16-6-2-1-5-15(16)22-24-17-7-3-4-8-19(17)31-22/h1-8,14H,9-13H2,(H,23,28). The van der Waals surface area contributed by atoms with Gasteiger partial charge in [-0.3, -0.25) is 9.59 Å². The number of nitrogens with zero attached hydrogens (tertiary/aromatic N) is 3. The monoisotopic (exact) mass is 468 g/mol.